The van der Waals surface area contributed by atoms with Gasteiger partial charge in [0.2, 0.25) is 0 Å². The number of cyclic esters (lactones) is 1. The van der Waals surface area contributed by atoms with Gasteiger partial charge in [-0.15, -0.1) is 0 Å². The molecule has 1 aliphatic rings. The van der Waals surface area contributed by atoms with Gasteiger partial charge in [0, 0.05) is 18.2 Å². The topological polar surface area (TPSA) is 140 Å². The summed E-state index contributed by atoms with van der Waals surface area (Å²) in [5.41, 5.74) is 0.576. The lowest BCUT2D eigenvalue weighted by Crippen LogP contribution is -2.21. The van der Waals surface area contributed by atoms with Crippen molar-refractivity contribution in [3.05, 3.63) is 33.9 Å². The Kier molecular flexibility index (Phi) is 6.54. The van der Waals surface area contributed by atoms with Crippen LogP contribution in [0.25, 0.3) is 0 Å². The fourth-order valence-electron chi connectivity index (χ4n) is 3.16. The van der Waals surface area contributed by atoms with Crippen LogP contribution in [-0.2, 0) is 31.6 Å². The summed E-state index contributed by atoms with van der Waals surface area (Å²) in [4.78, 5) is 32.9. The van der Waals surface area contributed by atoms with E-state index in [1.165, 1.54) is 7.11 Å². The summed E-state index contributed by atoms with van der Waals surface area (Å²) in [6.07, 6.45) is 1.51. The molecular weight excluding hydrogens is 391 g/mol. The number of allylic oxidation sites excluding steroid dienone is 2. The number of carboxylic acids is 1. The Morgan fingerprint density at radius 1 is 1.39 bits per heavy atom. The van der Waals surface area contributed by atoms with Gasteiger partial charge in [-0.3, -0.25) is 9.36 Å². The van der Waals surface area contributed by atoms with E-state index >= 15 is 0 Å². The van der Waals surface area contributed by atoms with Crippen LogP contribution in [0.2, 0.25) is 0 Å². The van der Waals surface area contributed by atoms with Crippen molar-refractivity contribution < 1.29 is 43.3 Å². The Morgan fingerprint density at radius 3 is 2.57 bits per heavy atom. The predicted molar refractivity (Wildman–Crippen MR) is 98.9 cm³/mol. The van der Waals surface area contributed by atoms with Crippen LogP contribution in [0.3, 0.4) is 0 Å². The number of carbonyl (C=O) groups is 2. The van der Waals surface area contributed by atoms with E-state index in [0.29, 0.717) is 28.0 Å². The molecule has 0 saturated heterocycles. The number of fused-ring (bicyclic) bond motifs is 1. The van der Waals surface area contributed by atoms with Gasteiger partial charge in [-0.1, -0.05) is 11.6 Å². The molecule has 1 aromatic carbocycles. The maximum atomic E-state index is 11.9. The molecule has 154 valence electrons. The van der Waals surface area contributed by atoms with Gasteiger partial charge in [0.15, 0.2) is 5.66 Å². The van der Waals surface area contributed by atoms with Crippen LogP contribution in [0.5, 0.6) is 11.5 Å². The molecule has 28 heavy (non-hydrogen) atoms. The van der Waals surface area contributed by atoms with Crippen LogP contribution in [-0.4, -0.2) is 46.9 Å². The minimum Gasteiger partial charge on any atom is -0.507 e. The summed E-state index contributed by atoms with van der Waals surface area (Å²) in [5.74, 6) is -1.91. The largest absolute Gasteiger partial charge is 0.507 e. The fraction of sp³-hybridized carbons (Fsp3) is 0.444. The smallest absolute Gasteiger partial charge is 0.342 e. The number of rotatable bonds is 8. The lowest BCUT2D eigenvalue weighted by atomic mass is 9.94. The average molecular weight is 414 g/mol. The van der Waals surface area contributed by atoms with Crippen molar-refractivity contribution in [2.45, 2.75) is 39.0 Å². The van der Waals surface area contributed by atoms with Crippen LogP contribution in [0.1, 0.15) is 40.4 Å². The van der Waals surface area contributed by atoms with E-state index in [1.807, 2.05) is 0 Å². The zero-order chi connectivity index (χ0) is 21.2. The number of carbonyl (C=O) groups excluding carboxylic acids is 1. The summed E-state index contributed by atoms with van der Waals surface area (Å²) in [7, 11) is -1.90. The van der Waals surface area contributed by atoms with E-state index in [2.05, 4.69) is 4.52 Å². The second-order valence-electron chi connectivity index (χ2n) is 6.47. The molecule has 0 radical (unpaired) electrons. The zero-order valence-electron chi connectivity index (χ0n) is 16.0. The number of aromatic hydroxyl groups is 1. The zero-order valence-corrected chi connectivity index (χ0v) is 16.9. The first-order valence-electron chi connectivity index (χ1n) is 8.40. The molecule has 1 aliphatic heterocycles. The van der Waals surface area contributed by atoms with Crippen molar-refractivity contribution in [2.24, 2.45) is 0 Å². The number of hydrogen-bond donors (Lipinski definition) is 3. The van der Waals surface area contributed by atoms with Crippen molar-refractivity contribution in [1.29, 1.82) is 0 Å². The highest BCUT2D eigenvalue weighted by Gasteiger charge is 2.38. The molecule has 0 bridgehead atoms. The molecule has 2 unspecified atom stereocenters. The second-order valence-corrected chi connectivity index (χ2v) is 8.59. The van der Waals surface area contributed by atoms with Crippen molar-refractivity contribution in [3.8, 4) is 11.5 Å². The highest BCUT2D eigenvalue weighted by atomic mass is 31.2. The van der Waals surface area contributed by atoms with Crippen LogP contribution in [0.4, 0.5) is 0 Å². The number of esters is 1. The maximum absolute atomic E-state index is 11.9. The third-order valence-corrected chi connectivity index (χ3v) is 6.47. The number of phenols is 1. The SMILES string of the molecule is COc1c(C)c2c(c(O)c1C/C=C(\C)CC(C(=O)O)P(=O)(O)OC)C(=O)OC2. The second kappa shape index (κ2) is 8.34. The third-order valence-electron chi connectivity index (χ3n) is 4.76. The number of methoxy groups -OCH3 is 1. The van der Waals surface area contributed by atoms with E-state index < -0.39 is 25.2 Å². The van der Waals surface area contributed by atoms with Crippen LogP contribution in [0.15, 0.2) is 11.6 Å². The first-order chi connectivity index (χ1) is 13.0. The number of hydrogen-bond acceptors (Lipinski definition) is 7. The van der Waals surface area contributed by atoms with Crippen molar-refractivity contribution >= 4 is 19.5 Å². The van der Waals surface area contributed by atoms with E-state index in [9.17, 15) is 29.3 Å². The Morgan fingerprint density at radius 2 is 2.04 bits per heavy atom. The molecular formula is C18H23O9P. The van der Waals surface area contributed by atoms with Gasteiger partial charge in [0.05, 0.1) is 7.11 Å². The number of phenolic OH excluding ortho intramolecular Hbond substituents is 1. The lowest BCUT2D eigenvalue weighted by Gasteiger charge is -2.18. The Labute approximate surface area is 162 Å². The molecule has 10 heteroatoms. The lowest BCUT2D eigenvalue weighted by molar-refractivity contribution is -0.136. The molecule has 0 amide bonds. The van der Waals surface area contributed by atoms with Crippen LogP contribution in [0, 0.1) is 6.92 Å². The third kappa shape index (κ3) is 4.06. The van der Waals surface area contributed by atoms with Gasteiger partial charge < -0.3 is 29.1 Å². The van der Waals surface area contributed by atoms with E-state index in [0.717, 1.165) is 7.11 Å². The maximum Gasteiger partial charge on any atom is 0.342 e. The van der Waals surface area contributed by atoms with E-state index in [4.69, 9.17) is 9.47 Å². The molecule has 2 rings (SSSR count). The number of ether oxygens (including phenoxy) is 2. The summed E-state index contributed by atoms with van der Waals surface area (Å²) in [6, 6.07) is 0. The molecule has 1 heterocycles. The van der Waals surface area contributed by atoms with Crippen molar-refractivity contribution in [1.82, 2.24) is 0 Å². The number of benzene rings is 1. The first-order valence-corrected chi connectivity index (χ1v) is 10.0. The van der Waals surface area contributed by atoms with Crippen molar-refractivity contribution in [2.75, 3.05) is 14.2 Å². The fourth-order valence-corrected chi connectivity index (χ4v) is 4.21. The Balaban J connectivity index is 2.37. The van der Waals surface area contributed by atoms with Crippen LogP contribution < -0.4 is 4.74 Å². The Bertz CT molecular complexity index is 888. The summed E-state index contributed by atoms with van der Waals surface area (Å²) in [6.45, 7) is 3.41. The molecule has 0 aromatic heterocycles. The van der Waals surface area contributed by atoms with Crippen molar-refractivity contribution in [3.63, 3.8) is 0 Å². The van der Waals surface area contributed by atoms with E-state index in [-0.39, 0.29) is 30.8 Å². The normalized spacial score (nSPS) is 16.9. The van der Waals surface area contributed by atoms with E-state index in [1.54, 1.807) is 19.9 Å². The highest BCUT2D eigenvalue weighted by molar-refractivity contribution is 7.54. The average Bonchev–Trinajstić information content (AvgIpc) is 3.03. The number of aliphatic carboxylic acids is 1. The molecule has 9 nitrogen and oxygen atoms in total. The molecule has 0 aliphatic carbocycles. The molecule has 0 saturated carbocycles. The quantitative estimate of drug-likeness (QED) is 0.332. The first kappa shape index (κ1) is 21.9. The standard InChI is InChI=1S/C18H23O9P/c1-9(7-13(17(20)21)28(23,24)26-4)5-6-11-15(19)14-12(8-27-18(14)22)10(2)16(11)25-3/h5,13,19H,6-8H2,1-4H3,(H,20,21)(H,23,24)/b9-5+. The Hall–Kier alpha value is -2.35. The van der Waals surface area contributed by atoms with Gasteiger partial charge in [-0.25, -0.2) is 4.79 Å². The molecule has 0 fully saturated rings. The van der Waals surface area contributed by atoms with Gasteiger partial charge >= 0.3 is 19.5 Å². The van der Waals surface area contributed by atoms with Gasteiger partial charge in [-0.2, -0.15) is 0 Å². The molecule has 3 N–H and O–H groups in total. The predicted octanol–water partition coefficient (Wildman–Crippen LogP) is 2.54. The summed E-state index contributed by atoms with van der Waals surface area (Å²) >= 11 is 0. The highest BCUT2D eigenvalue weighted by Crippen LogP contribution is 2.49. The minimum atomic E-state index is -4.32. The summed E-state index contributed by atoms with van der Waals surface area (Å²) in [5, 5.41) is 19.8. The van der Waals surface area contributed by atoms with Gasteiger partial charge in [0.25, 0.3) is 0 Å². The summed E-state index contributed by atoms with van der Waals surface area (Å²) < 4.78 is 26.7. The monoisotopic (exact) mass is 414 g/mol. The molecule has 1 aromatic rings. The molecule has 0 spiro atoms. The number of carboxylic acid groups (broad SMARTS) is 1. The van der Waals surface area contributed by atoms with Crippen LogP contribution >= 0.6 is 7.60 Å². The minimum absolute atomic E-state index is 0.0577. The molecule has 2 atom stereocenters. The van der Waals surface area contributed by atoms with Gasteiger partial charge in [-0.05, 0) is 32.3 Å². The van der Waals surface area contributed by atoms with Gasteiger partial charge in [0.1, 0.15) is 23.7 Å².